The first-order chi connectivity index (χ1) is 10.3. The largest absolute Gasteiger partial charge is 0.497 e. The van der Waals surface area contributed by atoms with Crippen molar-refractivity contribution in [1.29, 1.82) is 0 Å². The molecule has 0 fully saturated rings. The van der Waals surface area contributed by atoms with Crippen LogP contribution in [0.1, 0.15) is 17.7 Å². The second-order valence-electron chi connectivity index (χ2n) is 4.94. The zero-order valence-corrected chi connectivity index (χ0v) is 13.3. The summed E-state index contributed by atoms with van der Waals surface area (Å²) in [5.41, 5.74) is 3.53. The van der Waals surface area contributed by atoms with Gasteiger partial charge in [-0.25, -0.2) is 0 Å². The van der Waals surface area contributed by atoms with Gasteiger partial charge in [0.15, 0.2) is 0 Å². The lowest BCUT2D eigenvalue weighted by Crippen LogP contribution is -2.28. The summed E-state index contributed by atoms with van der Waals surface area (Å²) < 4.78 is 9.76. The fourth-order valence-corrected chi connectivity index (χ4v) is 3.04. The third kappa shape index (κ3) is 3.43. The van der Waals surface area contributed by atoms with Crippen LogP contribution in [0.2, 0.25) is 4.34 Å². The van der Waals surface area contributed by atoms with Gasteiger partial charge in [-0.3, -0.25) is 4.90 Å². The maximum absolute atomic E-state index is 6.05. The zero-order valence-electron chi connectivity index (χ0n) is 11.8. The van der Waals surface area contributed by atoms with E-state index in [9.17, 15) is 0 Å². The molecular formula is C15H16ClN3OS. The van der Waals surface area contributed by atoms with Crippen LogP contribution >= 0.6 is 23.1 Å². The Bertz CT molecular complexity index is 639. The first kappa shape index (κ1) is 14.5. The highest BCUT2D eigenvalue weighted by Crippen LogP contribution is 2.26. The molecule has 1 aliphatic rings. The minimum Gasteiger partial charge on any atom is -0.497 e. The molecule has 1 aromatic carbocycles. The Kier molecular flexibility index (Phi) is 4.53. The molecule has 0 bridgehead atoms. The number of methoxy groups -OCH3 is 1. The van der Waals surface area contributed by atoms with E-state index in [2.05, 4.69) is 32.7 Å². The van der Waals surface area contributed by atoms with Crippen LogP contribution in [-0.4, -0.2) is 34.7 Å². The number of ether oxygens (including phenoxy) is 1. The summed E-state index contributed by atoms with van der Waals surface area (Å²) in [4.78, 5) is 2.33. The quantitative estimate of drug-likeness (QED) is 0.864. The lowest BCUT2D eigenvalue weighted by molar-refractivity contribution is 0.290. The third-order valence-corrected chi connectivity index (χ3v) is 4.62. The molecule has 2 heterocycles. The Morgan fingerprint density at radius 3 is 2.71 bits per heavy atom. The molecule has 2 aromatic rings. The first-order valence-electron chi connectivity index (χ1n) is 6.79. The fourth-order valence-electron chi connectivity index (χ4n) is 2.43. The van der Waals surface area contributed by atoms with Gasteiger partial charge in [-0.2, -0.15) is 0 Å². The SMILES string of the molecule is COc1ccc(C2=CCN(Cc3nnsc3Cl)CC2)cc1. The van der Waals surface area contributed by atoms with Crippen molar-refractivity contribution < 1.29 is 4.74 Å². The van der Waals surface area contributed by atoms with Crippen LogP contribution in [0.25, 0.3) is 5.57 Å². The molecule has 0 amide bonds. The topological polar surface area (TPSA) is 38.2 Å². The van der Waals surface area contributed by atoms with Crippen LogP contribution in [0.5, 0.6) is 5.75 Å². The number of aromatic nitrogens is 2. The lowest BCUT2D eigenvalue weighted by Gasteiger charge is -2.25. The van der Waals surface area contributed by atoms with Crippen molar-refractivity contribution in [2.24, 2.45) is 0 Å². The molecule has 0 radical (unpaired) electrons. The normalized spacial score (nSPS) is 15.8. The highest BCUT2D eigenvalue weighted by Gasteiger charge is 2.16. The van der Waals surface area contributed by atoms with Gasteiger partial charge in [-0.1, -0.05) is 34.3 Å². The van der Waals surface area contributed by atoms with Crippen molar-refractivity contribution in [3.8, 4) is 5.75 Å². The molecule has 110 valence electrons. The Labute approximate surface area is 133 Å². The molecule has 3 rings (SSSR count). The van der Waals surface area contributed by atoms with Gasteiger partial charge in [0, 0.05) is 31.2 Å². The Balaban J connectivity index is 1.64. The van der Waals surface area contributed by atoms with Gasteiger partial charge in [0.2, 0.25) is 0 Å². The van der Waals surface area contributed by atoms with E-state index in [1.807, 2.05) is 12.1 Å². The Morgan fingerprint density at radius 1 is 1.33 bits per heavy atom. The summed E-state index contributed by atoms with van der Waals surface area (Å²) in [5, 5.41) is 4.07. The molecule has 0 saturated carbocycles. The highest BCUT2D eigenvalue weighted by atomic mass is 35.5. The van der Waals surface area contributed by atoms with Crippen molar-refractivity contribution in [3.05, 3.63) is 45.9 Å². The summed E-state index contributed by atoms with van der Waals surface area (Å²) in [7, 11) is 1.69. The Hall–Kier alpha value is -1.43. The minimum absolute atomic E-state index is 0.694. The van der Waals surface area contributed by atoms with Gasteiger partial charge < -0.3 is 4.74 Å². The number of nitrogens with zero attached hydrogens (tertiary/aromatic N) is 3. The predicted molar refractivity (Wildman–Crippen MR) is 85.8 cm³/mol. The van der Waals surface area contributed by atoms with E-state index < -0.39 is 0 Å². The molecule has 1 aromatic heterocycles. The number of hydrogen-bond acceptors (Lipinski definition) is 5. The standard InChI is InChI=1S/C15H16ClN3OS/c1-20-13-4-2-11(3-5-13)12-6-8-19(9-7-12)10-14-15(16)21-18-17-14/h2-6H,7-10H2,1H3. The van der Waals surface area contributed by atoms with Crippen molar-refractivity contribution in [2.75, 3.05) is 20.2 Å². The van der Waals surface area contributed by atoms with Gasteiger partial charge >= 0.3 is 0 Å². The first-order valence-corrected chi connectivity index (χ1v) is 7.94. The van der Waals surface area contributed by atoms with Crippen molar-refractivity contribution >= 4 is 28.7 Å². The maximum Gasteiger partial charge on any atom is 0.138 e. The second kappa shape index (κ2) is 6.56. The van der Waals surface area contributed by atoms with E-state index in [0.717, 1.165) is 37.5 Å². The molecule has 0 atom stereocenters. The highest BCUT2D eigenvalue weighted by molar-refractivity contribution is 7.10. The zero-order chi connectivity index (χ0) is 14.7. The molecule has 0 saturated heterocycles. The van der Waals surface area contributed by atoms with Crippen molar-refractivity contribution in [3.63, 3.8) is 0 Å². The van der Waals surface area contributed by atoms with Crippen molar-refractivity contribution in [2.45, 2.75) is 13.0 Å². The number of rotatable bonds is 4. The molecule has 21 heavy (non-hydrogen) atoms. The molecule has 4 nitrogen and oxygen atoms in total. The molecule has 0 unspecified atom stereocenters. The van der Waals surface area contributed by atoms with Crippen molar-refractivity contribution in [1.82, 2.24) is 14.5 Å². The summed E-state index contributed by atoms with van der Waals surface area (Å²) >= 11 is 7.30. The molecule has 0 spiro atoms. The summed E-state index contributed by atoms with van der Waals surface area (Å²) in [6, 6.07) is 8.23. The van der Waals surface area contributed by atoms with E-state index >= 15 is 0 Å². The average molecular weight is 322 g/mol. The second-order valence-corrected chi connectivity index (χ2v) is 6.29. The predicted octanol–water partition coefficient (Wildman–Crippen LogP) is 3.49. The number of halogens is 1. The molecule has 0 aliphatic carbocycles. The number of benzene rings is 1. The van der Waals surface area contributed by atoms with E-state index in [4.69, 9.17) is 16.3 Å². The lowest BCUT2D eigenvalue weighted by atomic mass is 9.99. The maximum atomic E-state index is 6.05. The van der Waals surface area contributed by atoms with Gasteiger partial charge in [-0.05, 0) is 29.7 Å². The summed E-state index contributed by atoms with van der Waals surface area (Å²) in [6.45, 7) is 2.68. The van der Waals surface area contributed by atoms with Crippen LogP contribution in [-0.2, 0) is 6.54 Å². The Morgan fingerprint density at radius 2 is 2.14 bits per heavy atom. The van der Waals surface area contributed by atoms with Gasteiger partial charge in [0.25, 0.3) is 0 Å². The molecular weight excluding hydrogens is 306 g/mol. The summed E-state index contributed by atoms with van der Waals surface area (Å²) in [6.07, 6.45) is 3.31. The van der Waals surface area contributed by atoms with E-state index in [0.29, 0.717) is 4.34 Å². The van der Waals surface area contributed by atoms with Gasteiger partial charge in [0.05, 0.1) is 7.11 Å². The smallest absolute Gasteiger partial charge is 0.138 e. The van der Waals surface area contributed by atoms with E-state index in [-0.39, 0.29) is 0 Å². The molecule has 1 aliphatic heterocycles. The third-order valence-electron chi connectivity index (χ3n) is 3.64. The van der Waals surface area contributed by atoms with Gasteiger partial charge in [0.1, 0.15) is 15.8 Å². The fraction of sp³-hybridized carbons (Fsp3) is 0.333. The van der Waals surface area contributed by atoms with Crippen LogP contribution in [0.3, 0.4) is 0 Å². The average Bonchev–Trinajstić information content (AvgIpc) is 2.93. The minimum atomic E-state index is 0.694. The van der Waals surface area contributed by atoms with Crippen LogP contribution in [0.4, 0.5) is 0 Å². The monoisotopic (exact) mass is 321 g/mol. The molecule has 6 heteroatoms. The van der Waals surface area contributed by atoms with E-state index in [1.165, 1.54) is 22.7 Å². The summed E-state index contributed by atoms with van der Waals surface area (Å²) in [5.74, 6) is 0.891. The molecule has 0 N–H and O–H groups in total. The van der Waals surface area contributed by atoms with E-state index in [1.54, 1.807) is 7.11 Å². The van der Waals surface area contributed by atoms with Crippen LogP contribution in [0, 0.1) is 0 Å². The van der Waals surface area contributed by atoms with Gasteiger partial charge in [-0.15, -0.1) is 5.10 Å². The van der Waals surface area contributed by atoms with Crippen LogP contribution in [0.15, 0.2) is 30.3 Å². The van der Waals surface area contributed by atoms with Crippen LogP contribution < -0.4 is 4.74 Å². The number of hydrogen-bond donors (Lipinski definition) is 0.